The maximum atomic E-state index is 11.2. The molecule has 3 rings (SSSR count). The van der Waals surface area contributed by atoms with Gasteiger partial charge in [0, 0.05) is 24.6 Å². The van der Waals surface area contributed by atoms with Gasteiger partial charge in [-0.1, -0.05) is 0 Å². The number of hydrogen-bond acceptors (Lipinski definition) is 4. The Morgan fingerprint density at radius 3 is 2.75 bits per heavy atom. The van der Waals surface area contributed by atoms with Gasteiger partial charge in [-0.3, -0.25) is 4.90 Å². The van der Waals surface area contributed by atoms with Gasteiger partial charge < -0.3 is 5.11 Å². The summed E-state index contributed by atoms with van der Waals surface area (Å²) in [5, 5.41) is 9.15. The van der Waals surface area contributed by atoms with Gasteiger partial charge in [-0.05, 0) is 19.9 Å². The molecule has 0 unspecified atom stereocenters. The molecule has 84 valence electrons. The maximum absolute atomic E-state index is 11.2. The molecule has 1 aromatic rings. The van der Waals surface area contributed by atoms with Crippen LogP contribution < -0.4 is 0 Å². The normalized spacial score (nSPS) is 19.8. The fourth-order valence-electron chi connectivity index (χ4n) is 2.13. The summed E-state index contributed by atoms with van der Waals surface area (Å²) in [5.41, 5.74) is 1.90. The van der Waals surface area contributed by atoms with Crippen LogP contribution in [0.2, 0.25) is 0 Å². The van der Waals surface area contributed by atoms with Crippen LogP contribution >= 0.6 is 0 Å². The third kappa shape index (κ3) is 1.48. The van der Waals surface area contributed by atoms with Crippen LogP contribution in [0, 0.1) is 0 Å². The van der Waals surface area contributed by atoms with Gasteiger partial charge in [-0.2, -0.15) is 0 Å². The van der Waals surface area contributed by atoms with Crippen LogP contribution in [0.15, 0.2) is 0 Å². The summed E-state index contributed by atoms with van der Waals surface area (Å²) in [7, 11) is 1.96. The van der Waals surface area contributed by atoms with Crippen molar-refractivity contribution >= 4 is 5.97 Å². The van der Waals surface area contributed by atoms with E-state index in [1.165, 1.54) is 0 Å². The Bertz CT molecular complexity index is 469. The van der Waals surface area contributed by atoms with E-state index in [1.54, 1.807) is 0 Å². The number of hydrogen-bond donors (Lipinski definition) is 1. The molecule has 0 radical (unpaired) electrons. The monoisotopic (exact) mass is 219 g/mol. The van der Waals surface area contributed by atoms with Crippen LogP contribution in [0.3, 0.4) is 0 Å². The summed E-state index contributed by atoms with van der Waals surface area (Å²) in [5.74, 6) is 0.191. The Hall–Kier alpha value is -1.49. The van der Waals surface area contributed by atoms with Crippen LogP contribution in [0.25, 0.3) is 0 Å². The molecule has 1 aromatic heterocycles. The molecule has 1 fully saturated rings. The Balaban J connectivity index is 2.11. The summed E-state index contributed by atoms with van der Waals surface area (Å²) in [6.07, 6.45) is 2.18. The molecule has 1 aliphatic heterocycles. The van der Waals surface area contributed by atoms with Crippen LogP contribution in [-0.2, 0) is 13.1 Å². The lowest BCUT2D eigenvalue weighted by Crippen LogP contribution is -2.11. The lowest BCUT2D eigenvalue weighted by molar-refractivity contribution is 0.0688. The van der Waals surface area contributed by atoms with Crippen molar-refractivity contribution < 1.29 is 9.90 Å². The highest BCUT2D eigenvalue weighted by Crippen LogP contribution is 2.39. The van der Waals surface area contributed by atoms with Crippen molar-refractivity contribution in [1.82, 2.24) is 14.9 Å². The van der Waals surface area contributed by atoms with Gasteiger partial charge in [0.1, 0.15) is 5.82 Å². The minimum Gasteiger partial charge on any atom is -0.476 e. The van der Waals surface area contributed by atoms with Gasteiger partial charge >= 0.3 is 5.97 Å². The molecule has 1 N–H and O–H groups in total. The zero-order valence-electron chi connectivity index (χ0n) is 9.10. The molecule has 0 aromatic carbocycles. The molecular formula is C11H13N3O2. The molecule has 5 heteroatoms. The molecule has 0 amide bonds. The lowest BCUT2D eigenvalue weighted by atomic mass is 10.2. The second-order valence-electron chi connectivity index (χ2n) is 4.61. The van der Waals surface area contributed by atoms with Crippen molar-refractivity contribution in [2.45, 2.75) is 31.8 Å². The molecule has 16 heavy (non-hydrogen) atoms. The van der Waals surface area contributed by atoms with E-state index in [2.05, 4.69) is 14.9 Å². The molecular weight excluding hydrogens is 206 g/mol. The number of carboxylic acid groups (broad SMARTS) is 1. The number of rotatable bonds is 2. The second kappa shape index (κ2) is 3.25. The molecule has 0 saturated heterocycles. The first-order valence-corrected chi connectivity index (χ1v) is 5.46. The molecule has 1 saturated carbocycles. The minimum absolute atomic E-state index is 0.205. The molecule has 0 spiro atoms. The van der Waals surface area contributed by atoms with Gasteiger partial charge in [0.25, 0.3) is 0 Å². The summed E-state index contributed by atoms with van der Waals surface area (Å²) in [6.45, 7) is 1.37. The summed E-state index contributed by atoms with van der Waals surface area (Å²) < 4.78 is 0. The van der Waals surface area contributed by atoms with Crippen molar-refractivity contribution in [2.75, 3.05) is 7.05 Å². The van der Waals surface area contributed by atoms with E-state index in [-0.39, 0.29) is 5.69 Å². The van der Waals surface area contributed by atoms with Crippen molar-refractivity contribution in [3.63, 3.8) is 0 Å². The molecule has 1 aliphatic carbocycles. The quantitative estimate of drug-likeness (QED) is 0.803. The van der Waals surface area contributed by atoms with Crippen molar-refractivity contribution in [3.8, 4) is 0 Å². The van der Waals surface area contributed by atoms with E-state index in [4.69, 9.17) is 5.11 Å². The Kier molecular flexibility index (Phi) is 1.97. The molecule has 2 aliphatic rings. The first-order chi connectivity index (χ1) is 7.65. The highest BCUT2D eigenvalue weighted by Gasteiger charge is 2.32. The third-order valence-electron chi connectivity index (χ3n) is 3.10. The number of aromatic nitrogens is 2. The number of fused-ring (bicyclic) bond motifs is 1. The SMILES string of the molecule is CN1Cc2nc(C3CC3)nc(C(=O)O)c2C1. The van der Waals surface area contributed by atoms with Crippen LogP contribution in [0.1, 0.15) is 46.3 Å². The molecule has 5 nitrogen and oxygen atoms in total. The van der Waals surface area contributed by atoms with Gasteiger partial charge in [0.05, 0.1) is 5.69 Å². The highest BCUT2D eigenvalue weighted by molar-refractivity contribution is 5.87. The Morgan fingerprint density at radius 1 is 1.38 bits per heavy atom. The second-order valence-corrected chi connectivity index (χ2v) is 4.61. The summed E-state index contributed by atoms with van der Waals surface area (Å²) in [4.78, 5) is 21.9. The van der Waals surface area contributed by atoms with Crippen molar-refractivity contribution in [2.24, 2.45) is 0 Å². The smallest absolute Gasteiger partial charge is 0.354 e. The summed E-state index contributed by atoms with van der Waals surface area (Å²) >= 11 is 0. The molecule has 0 bridgehead atoms. The lowest BCUT2D eigenvalue weighted by Gasteiger charge is -2.05. The first-order valence-electron chi connectivity index (χ1n) is 5.46. The number of carbonyl (C=O) groups is 1. The van der Waals surface area contributed by atoms with Gasteiger partial charge in [0.2, 0.25) is 0 Å². The van der Waals surface area contributed by atoms with E-state index < -0.39 is 5.97 Å². The van der Waals surface area contributed by atoms with Crippen LogP contribution in [0.4, 0.5) is 0 Å². The van der Waals surface area contributed by atoms with Gasteiger partial charge in [0.15, 0.2) is 5.69 Å². The zero-order valence-corrected chi connectivity index (χ0v) is 9.10. The number of aromatic carboxylic acids is 1. The third-order valence-corrected chi connectivity index (χ3v) is 3.10. The number of nitrogens with zero attached hydrogens (tertiary/aromatic N) is 3. The van der Waals surface area contributed by atoms with Gasteiger partial charge in [-0.15, -0.1) is 0 Å². The van der Waals surface area contributed by atoms with Crippen molar-refractivity contribution in [3.05, 3.63) is 22.8 Å². The average molecular weight is 219 g/mol. The highest BCUT2D eigenvalue weighted by atomic mass is 16.4. The molecule has 0 atom stereocenters. The van der Waals surface area contributed by atoms with Crippen LogP contribution in [0.5, 0.6) is 0 Å². The van der Waals surface area contributed by atoms with E-state index in [0.717, 1.165) is 36.5 Å². The van der Waals surface area contributed by atoms with E-state index >= 15 is 0 Å². The van der Waals surface area contributed by atoms with Gasteiger partial charge in [-0.25, -0.2) is 14.8 Å². The maximum Gasteiger partial charge on any atom is 0.354 e. The standard InChI is InChI=1S/C11H13N3O2/c1-14-4-7-8(5-14)12-10(6-2-3-6)13-9(7)11(15)16/h6H,2-5H2,1H3,(H,15,16). The largest absolute Gasteiger partial charge is 0.476 e. The van der Waals surface area contributed by atoms with E-state index in [9.17, 15) is 4.79 Å². The number of carboxylic acids is 1. The van der Waals surface area contributed by atoms with Crippen molar-refractivity contribution in [1.29, 1.82) is 0 Å². The van der Waals surface area contributed by atoms with E-state index in [1.807, 2.05) is 7.05 Å². The molecule has 2 heterocycles. The minimum atomic E-state index is -0.934. The Labute approximate surface area is 93.1 Å². The summed E-state index contributed by atoms with van der Waals surface area (Å²) in [6, 6.07) is 0. The van der Waals surface area contributed by atoms with E-state index in [0.29, 0.717) is 12.5 Å². The van der Waals surface area contributed by atoms with Crippen LogP contribution in [-0.4, -0.2) is 33.0 Å². The fourth-order valence-corrected chi connectivity index (χ4v) is 2.13. The Morgan fingerprint density at radius 2 is 2.12 bits per heavy atom. The predicted octanol–water partition coefficient (Wildman–Crippen LogP) is 0.998. The predicted molar refractivity (Wildman–Crippen MR) is 56.1 cm³/mol. The average Bonchev–Trinajstić information content (AvgIpc) is 2.98. The fraction of sp³-hybridized carbons (Fsp3) is 0.545. The first kappa shape index (κ1) is 9.72. The zero-order chi connectivity index (χ0) is 11.3. The topological polar surface area (TPSA) is 66.3 Å².